The largest absolute Gasteiger partial charge is 0.324 e. The number of thiazole rings is 1. The molecule has 3 aromatic rings. The van der Waals surface area contributed by atoms with E-state index in [1.165, 1.54) is 30.0 Å². The van der Waals surface area contributed by atoms with Crippen molar-refractivity contribution >= 4 is 40.5 Å². The van der Waals surface area contributed by atoms with Crippen LogP contribution in [0.4, 0.5) is 5.69 Å². The van der Waals surface area contributed by atoms with Gasteiger partial charge in [-0.2, -0.15) is 0 Å². The number of aromatic nitrogens is 1. The molecule has 1 atom stereocenters. The number of para-hydroxylation sites is 1. The molecule has 2 aromatic carbocycles. The molecular formula is C20H18N2O2S2. The van der Waals surface area contributed by atoms with Crippen molar-refractivity contribution < 1.29 is 9.59 Å². The third kappa shape index (κ3) is 4.39. The number of nitrogens with zero attached hydrogens (tertiary/aromatic N) is 1. The van der Waals surface area contributed by atoms with Gasteiger partial charge < -0.3 is 5.32 Å². The first-order valence-corrected chi connectivity index (χ1v) is 9.89. The molecular weight excluding hydrogens is 364 g/mol. The summed E-state index contributed by atoms with van der Waals surface area (Å²) in [4.78, 5) is 28.8. The number of thioether (sulfide) groups is 1. The zero-order valence-electron chi connectivity index (χ0n) is 14.4. The van der Waals surface area contributed by atoms with Gasteiger partial charge in [0, 0.05) is 16.5 Å². The van der Waals surface area contributed by atoms with Gasteiger partial charge in [-0.3, -0.25) is 9.59 Å². The molecule has 1 heterocycles. The first-order chi connectivity index (χ1) is 12.5. The highest BCUT2D eigenvalue weighted by atomic mass is 32.2. The lowest BCUT2D eigenvalue weighted by Gasteiger charge is -2.12. The number of rotatable bonds is 6. The Morgan fingerprint density at radius 3 is 2.50 bits per heavy atom. The summed E-state index contributed by atoms with van der Waals surface area (Å²) in [5.74, 6) is -0.228. The Balaban J connectivity index is 1.67. The average Bonchev–Trinajstić information content (AvgIpc) is 3.11. The molecule has 0 radical (unpaired) electrons. The van der Waals surface area contributed by atoms with Crippen molar-refractivity contribution in [3.8, 4) is 11.3 Å². The zero-order valence-corrected chi connectivity index (χ0v) is 16.1. The normalized spacial score (nSPS) is 11.8. The minimum Gasteiger partial charge on any atom is -0.324 e. The fraction of sp³-hybridized carbons (Fsp3) is 0.150. The van der Waals surface area contributed by atoms with Crippen molar-refractivity contribution in [2.24, 2.45) is 0 Å². The van der Waals surface area contributed by atoms with Gasteiger partial charge in [-0.05, 0) is 26.0 Å². The molecule has 0 bridgehead atoms. The number of ketones is 1. The maximum atomic E-state index is 12.5. The Labute approximate surface area is 160 Å². The van der Waals surface area contributed by atoms with Crippen LogP contribution in [0.25, 0.3) is 11.3 Å². The molecule has 132 valence electrons. The van der Waals surface area contributed by atoms with Gasteiger partial charge in [-0.1, -0.05) is 54.2 Å². The lowest BCUT2D eigenvalue weighted by Crippen LogP contribution is -2.23. The summed E-state index contributed by atoms with van der Waals surface area (Å²) in [5, 5.41) is 4.51. The van der Waals surface area contributed by atoms with Crippen LogP contribution in [-0.4, -0.2) is 21.9 Å². The highest BCUT2D eigenvalue weighted by Crippen LogP contribution is 2.31. The van der Waals surface area contributed by atoms with E-state index < -0.39 is 0 Å². The van der Waals surface area contributed by atoms with Gasteiger partial charge in [0.2, 0.25) is 5.91 Å². The second-order valence-corrected chi connectivity index (χ2v) is 8.16. The summed E-state index contributed by atoms with van der Waals surface area (Å²) in [6.45, 7) is 3.32. The standard InChI is InChI=1S/C20H18N2O2S2/c1-13(23)16-10-6-7-11-17(16)21-19(24)14(2)26-20-22-18(12-25-20)15-8-4-3-5-9-15/h3-12,14H,1-2H3,(H,21,24)/t14-/m0/s1. The molecule has 1 amide bonds. The quantitative estimate of drug-likeness (QED) is 0.474. The van der Waals surface area contributed by atoms with Crippen molar-refractivity contribution in [3.63, 3.8) is 0 Å². The van der Waals surface area contributed by atoms with E-state index in [1.807, 2.05) is 42.6 Å². The van der Waals surface area contributed by atoms with Crippen molar-refractivity contribution in [1.82, 2.24) is 4.98 Å². The van der Waals surface area contributed by atoms with Gasteiger partial charge in [-0.25, -0.2) is 4.98 Å². The van der Waals surface area contributed by atoms with Crippen LogP contribution in [0.3, 0.4) is 0 Å². The summed E-state index contributed by atoms with van der Waals surface area (Å²) < 4.78 is 0.839. The maximum absolute atomic E-state index is 12.5. The summed E-state index contributed by atoms with van der Waals surface area (Å²) in [6.07, 6.45) is 0. The Hall–Kier alpha value is -2.44. The monoisotopic (exact) mass is 382 g/mol. The van der Waals surface area contributed by atoms with Crippen LogP contribution in [-0.2, 0) is 4.79 Å². The van der Waals surface area contributed by atoms with E-state index >= 15 is 0 Å². The van der Waals surface area contributed by atoms with E-state index in [2.05, 4.69) is 10.3 Å². The molecule has 0 saturated heterocycles. The van der Waals surface area contributed by atoms with Gasteiger partial charge in [0.1, 0.15) is 0 Å². The molecule has 0 unspecified atom stereocenters. The van der Waals surface area contributed by atoms with Crippen LogP contribution in [0.5, 0.6) is 0 Å². The van der Waals surface area contributed by atoms with Crippen molar-refractivity contribution in [3.05, 3.63) is 65.5 Å². The smallest absolute Gasteiger partial charge is 0.237 e. The number of amides is 1. The van der Waals surface area contributed by atoms with Crippen LogP contribution in [0.15, 0.2) is 64.3 Å². The second kappa shape index (κ2) is 8.29. The minimum atomic E-state index is -0.329. The molecule has 26 heavy (non-hydrogen) atoms. The van der Waals surface area contributed by atoms with Crippen LogP contribution in [0.2, 0.25) is 0 Å². The molecule has 4 nitrogen and oxygen atoms in total. The predicted octanol–water partition coefficient (Wildman–Crippen LogP) is 5.13. The maximum Gasteiger partial charge on any atom is 0.237 e. The topological polar surface area (TPSA) is 59.1 Å². The molecule has 0 aliphatic heterocycles. The molecule has 0 spiro atoms. The van der Waals surface area contributed by atoms with Crippen LogP contribution >= 0.6 is 23.1 Å². The third-order valence-corrected chi connectivity index (χ3v) is 5.84. The number of benzene rings is 2. The summed E-state index contributed by atoms with van der Waals surface area (Å²) >= 11 is 2.93. The molecule has 1 aromatic heterocycles. The fourth-order valence-corrected chi connectivity index (χ4v) is 4.36. The minimum absolute atomic E-state index is 0.0753. The van der Waals surface area contributed by atoms with Gasteiger partial charge in [0.25, 0.3) is 0 Å². The van der Waals surface area contributed by atoms with E-state index in [0.717, 1.165) is 15.6 Å². The van der Waals surface area contributed by atoms with Gasteiger partial charge >= 0.3 is 0 Å². The Morgan fingerprint density at radius 1 is 1.08 bits per heavy atom. The van der Waals surface area contributed by atoms with Crippen LogP contribution in [0.1, 0.15) is 24.2 Å². The summed E-state index contributed by atoms with van der Waals surface area (Å²) in [7, 11) is 0. The number of carbonyl (C=O) groups excluding carboxylic acids is 2. The lowest BCUT2D eigenvalue weighted by atomic mass is 10.1. The molecule has 0 saturated carbocycles. The number of nitrogens with one attached hydrogen (secondary N) is 1. The average molecular weight is 383 g/mol. The number of anilines is 1. The second-order valence-electron chi connectivity index (χ2n) is 5.72. The van der Waals surface area contributed by atoms with Gasteiger partial charge in [0.05, 0.1) is 16.6 Å². The number of hydrogen-bond donors (Lipinski definition) is 1. The zero-order chi connectivity index (χ0) is 18.5. The Kier molecular flexibility index (Phi) is 5.85. The molecule has 0 aliphatic carbocycles. The van der Waals surface area contributed by atoms with E-state index in [1.54, 1.807) is 24.3 Å². The predicted molar refractivity (Wildman–Crippen MR) is 108 cm³/mol. The van der Waals surface area contributed by atoms with E-state index in [0.29, 0.717) is 11.3 Å². The molecule has 3 rings (SSSR count). The van der Waals surface area contributed by atoms with Crippen molar-refractivity contribution in [2.75, 3.05) is 5.32 Å². The van der Waals surface area contributed by atoms with Crippen LogP contribution in [0, 0.1) is 0 Å². The number of hydrogen-bond acceptors (Lipinski definition) is 5. The van der Waals surface area contributed by atoms with E-state index in [4.69, 9.17) is 0 Å². The van der Waals surface area contributed by atoms with E-state index in [-0.39, 0.29) is 16.9 Å². The Bertz CT molecular complexity index is 922. The summed E-state index contributed by atoms with van der Waals surface area (Å²) in [5.41, 5.74) is 3.02. The highest BCUT2D eigenvalue weighted by Gasteiger charge is 2.18. The molecule has 6 heteroatoms. The highest BCUT2D eigenvalue weighted by molar-refractivity contribution is 8.02. The van der Waals surface area contributed by atoms with Gasteiger partial charge in [-0.15, -0.1) is 11.3 Å². The van der Waals surface area contributed by atoms with Gasteiger partial charge in [0.15, 0.2) is 10.1 Å². The molecule has 1 N–H and O–H groups in total. The van der Waals surface area contributed by atoms with Crippen molar-refractivity contribution in [1.29, 1.82) is 0 Å². The molecule has 0 fully saturated rings. The summed E-state index contributed by atoms with van der Waals surface area (Å²) in [6, 6.07) is 17.0. The number of carbonyl (C=O) groups is 2. The SMILES string of the molecule is CC(=O)c1ccccc1NC(=O)[C@H](C)Sc1nc(-c2ccccc2)cs1. The lowest BCUT2D eigenvalue weighted by molar-refractivity contribution is -0.115. The van der Waals surface area contributed by atoms with Crippen LogP contribution < -0.4 is 5.32 Å². The fourth-order valence-electron chi connectivity index (χ4n) is 2.39. The van der Waals surface area contributed by atoms with Crippen molar-refractivity contribution in [2.45, 2.75) is 23.4 Å². The Morgan fingerprint density at radius 2 is 1.77 bits per heavy atom. The molecule has 0 aliphatic rings. The first-order valence-electron chi connectivity index (χ1n) is 8.13. The third-order valence-electron chi connectivity index (χ3n) is 3.76. The van der Waals surface area contributed by atoms with E-state index in [9.17, 15) is 9.59 Å². The first kappa shape index (κ1) is 18.4. The number of Topliss-reactive ketones (excluding diaryl/α,β-unsaturated/α-hetero) is 1.